The van der Waals surface area contributed by atoms with Gasteiger partial charge in [0.1, 0.15) is 5.69 Å². The van der Waals surface area contributed by atoms with Crippen molar-refractivity contribution in [2.45, 2.75) is 45.6 Å². The number of nitrogens with one attached hydrogen (secondary N) is 2. The quantitative estimate of drug-likeness (QED) is 0.717. The minimum atomic E-state index is -0.110. The molecule has 1 heterocycles. The molecule has 1 aromatic carbocycles. The smallest absolute Gasteiger partial charge is 0.269 e. The van der Waals surface area contributed by atoms with Gasteiger partial charge in [-0.15, -0.1) is 0 Å². The Labute approximate surface area is 155 Å². The first kappa shape index (κ1) is 18.2. The van der Waals surface area contributed by atoms with Gasteiger partial charge < -0.3 is 10.6 Å². The van der Waals surface area contributed by atoms with Crippen LogP contribution in [-0.2, 0) is 6.54 Å². The minimum absolute atomic E-state index is 0.110. The highest BCUT2D eigenvalue weighted by molar-refractivity contribution is 5.93. The summed E-state index contributed by atoms with van der Waals surface area (Å²) in [5.41, 5.74) is 5.33. The fraction of sp³-hybridized carbons (Fsp3) is 0.364. The molecule has 2 aromatic rings. The van der Waals surface area contributed by atoms with Gasteiger partial charge in [-0.2, -0.15) is 0 Å². The van der Waals surface area contributed by atoms with Crippen LogP contribution >= 0.6 is 0 Å². The predicted molar refractivity (Wildman–Crippen MR) is 106 cm³/mol. The lowest BCUT2D eigenvalue weighted by Crippen LogP contribution is -2.25. The molecule has 136 valence electrons. The summed E-state index contributed by atoms with van der Waals surface area (Å²) in [7, 11) is 0. The van der Waals surface area contributed by atoms with Crippen LogP contribution in [0.25, 0.3) is 0 Å². The topological polar surface area (TPSA) is 54.0 Å². The lowest BCUT2D eigenvalue weighted by Gasteiger charge is -2.13. The van der Waals surface area contributed by atoms with Crippen LogP contribution < -0.4 is 10.6 Å². The van der Waals surface area contributed by atoms with Gasteiger partial charge >= 0.3 is 0 Å². The zero-order chi connectivity index (χ0) is 18.2. The Morgan fingerprint density at radius 1 is 1.19 bits per heavy atom. The third-order valence-corrected chi connectivity index (χ3v) is 4.85. The molecular weight excluding hydrogens is 322 g/mol. The van der Waals surface area contributed by atoms with Crippen molar-refractivity contribution < 1.29 is 4.79 Å². The molecule has 26 heavy (non-hydrogen) atoms. The van der Waals surface area contributed by atoms with Crippen molar-refractivity contribution in [3.05, 3.63) is 71.1 Å². The zero-order valence-electron chi connectivity index (χ0n) is 15.4. The lowest BCUT2D eigenvalue weighted by atomic mass is 9.97. The maximum atomic E-state index is 12.3. The molecule has 0 bridgehead atoms. The predicted octanol–water partition coefficient (Wildman–Crippen LogP) is 4.62. The summed E-state index contributed by atoms with van der Waals surface area (Å²) in [4.78, 5) is 16.6. The van der Waals surface area contributed by atoms with Gasteiger partial charge in [-0.05, 0) is 62.3 Å². The monoisotopic (exact) mass is 349 g/mol. The van der Waals surface area contributed by atoms with E-state index >= 15 is 0 Å². The molecule has 2 N–H and O–H groups in total. The van der Waals surface area contributed by atoms with E-state index in [4.69, 9.17) is 0 Å². The van der Waals surface area contributed by atoms with Crippen molar-refractivity contribution >= 4 is 11.6 Å². The first-order valence-corrected chi connectivity index (χ1v) is 9.43. The molecule has 0 radical (unpaired) electrons. The molecule has 3 rings (SSSR count). The largest absolute Gasteiger partial charge is 0.381 e. The van der Waals surface area contributed by atoms with Gasteiger partial charge in [-0.3, -0.25) is 9.78 Å². The third kappa shape index (κ3) is 5.19. The molecule has 0 aliphatic heterocycles. The van der Waals surface area contributed by atoms with Gasteiger partial charge in [0.15, 0.2) is 0 Å². The number of benzene rings is 1. The Balaban J connectivity index is 1.52. The molecular formula is C22H27N3O. The molecule has 0 saturated heterocycles. The fourth-order valence-corrected chi connectivity index (χ4v) is 3.23. The molecule has 0 unspecified atom stereocenters. The van der Waals surface area contributed by atoms with Gasteiger partial charge in [-0.25, -0.2) is 0 Å². The summed E-state index contributed by atoms with van der Waals surface area (Å²) in [6, 6.07) is 12.0. The number of aromatic nitrogens is 1. The Kier molecular flexibility index (Phi) is 6.42. The fourth-order valence-electron chi connectivity index (χ4n) is 3.23. The van der Waals surface area contributed by atoms with E-state index in [1.165, 1.54) is 42.4 Å². The van der Waals surface area contributed by atoms with E-state index in [0.717, 1.165) is 18.7 Å². The Hall–Kier alpha value is -2.62. The number of carbonyl (C=O) groups excluding carboxylic acids is 1. The molecule has 0 atom stereocenters. The number of hydrogen-bond acceptors (Lipinski definition) is 3. The van der Waals surface area contributed by atoms with E-state index in [-0.39, 0.29) is 5.91 Å². The van der Waals surface area contributed by atoms with Crippen molar-refractivity contribution in [1.82, 2.24) is 10.3 Å². The molecule has 1 aliphatic rings. The maximum absolute atomic E-state index is 12.3. The summed E-state index contributed by atoms with van der Waals surface area (Å²) in [5.74, 6) is -0.110. The number of aryl methyl sites for hydroxylation is 1. The Bertz CT molecular complexity index is 782. The standard InChI is InChI=1S/C22H27N3O/c1-17-7-5-6-10-19(17)16-25-20-12-14-23-21(15-20)22(26)24-13-11-18-8-3-2-4-9-18/h5-8,10,12,14-15H,2-4,9,11,13,16H2,1H3,(H,23,25)(H,24,26). The van der Waals surface area contributed by atoms with E-state index in [2.05, 4.69) is 40.8 Å². The number of pyridine rings is 1. The SMILES string of the molecule is Cc1ccccc1CNc1ccnc(C(=O)NCCC2=CCCCC2)c1. The lowest BCUT2D eigenvalue weighted by molar-refractivity contribution is 0.0949. The normalized spacial score (nSPS) is 13.8. The molecule has 1 aliphatic carbocycles. The minimum Gasteiger partial charge on any atom is -0.381 e. The first-order chi connectivity index (χ1) is 12.7. The highest BCUT2D eigenvalue weighted by atomic mass is 16.1. The van der Waals surface area contributed by atoms with Crippen LogP contribution in [0.4, 0.5) is 5.69 Å². The summed E-state index contributed by atoms with van der Waals surface area (Å²) in [6.45, 7) is 3.50. The maximum Gasteiger partial charge on any atom is 0.269 e. The van der Waals surface area contributed by atoms with E-state index in [1.807, 2.05) is 24.3 Å². The van der Waals surface area contributed by atoms with Crippen molar-refractivity contribution in [3.63, 3.8) is 0 Å². The average Bonchev–Trinajstić information content (AvgIpc) is 2.68. The number of rotatable bonds is 7. The van der Waals surface area contributed by atoms with Crippen molar-refractivity contribution in [3.8, 4) is 0 Å². The summed E-state index contributed by atoms with van der Waals surface area (Å²) in [6.07, 6.45) is 9.86. The molecule has 0 fully saturated rings. The molecule has 4 nitrogen and oxygen atoms in total. The molecule has 1 amide bonds. The second kappa shape index (κ2) is 9.18. The van der Waals surface area contributed by atoms with Crippen LogP contribution in [0.5, 0.6) is 0 Å². The molecule has 4 heteroatoms. The van der Waals surface area contributed by atoms with Gasteiger partial charge in [0.25, 0.3) is 5.91 Å². The van der Waals surface area contributed by atoms with Crippen molar-refractivity contribution in [2.24, 2.45) is 0 Å². The average molecular weight is 349 g/mol. The number of allylic oxidation sites excluding steroid dienone is 1. The Morgan fingerprint density at radius 3 is 2.88 bits per heavy atom. The van der Waals surface area contributed by atoms with E-state index in [0.29, 0.717) is 12.2 Å². The molecule has 0 spiro atoms. The second-order valence-corrected chi connectivity index (χ2v) is 6.82. The highest BCUT2D eigenvalue weighted by Gasteiger charge is 2.09. The summed E-state index contributed by atoms with van der Waals surface area (Å²) >= 11 is 0. The van der Waals surface area contributed by atoms with Gasteiger partial charge in [0.05, 0.1) is 0 Å². The van der Waals surface area contributed by atoms with E-state index in [1.54, 1.807) is 6.20 Å². The number of carbonyl (C=O) groups is 1. The number of nitrogens with zero attached hydrogens (tertiary/aromatic N) is 1. The van der Waals surface area contributed by atoms with E-state index < -0.39 is 0 Å². The number of hydrogen-bond donors (Lipinski definition) is 2. The highest BCUT2D eigenvalue weighted by Crippen LogP contribution is 2.19. The van der Waals surface area contributed by atoms with Crippen LogP contribution in [0.2, 0.25) is 0 Å². The van der Waals surface area contributed by atoms with Crippen molar-refractivity contribution in [2.75, 3.05) is 11.9 Å². The second-order valence-electron chi connectivity index (χ2n) is 6.82. The third-order valence-electron chi connectivity index (χ3n) is 4.85. The first-order valence-electron chi connectivity index (χ1n) is 9.43. The van der Waals surface area contributed by atoms with Crippen LogP contribution in [0.1, 0.15) is 53.7 Å². The number of anilines is 1. The van der Waals surface area contributed by atoms with Crippen molar-refractivity contribution in [1.29, 1.82) is 0 Å². The van der Waals surface area contributed by atoms with E-state index in [9.17, 15) is 4.79 Å². The van der Waals surface area contributed by atoms with Crippen LogP contribution in [0, 0.1) is 6.92 Å². The van der Waals surface area contributed by atoms with Gasteiger partial charge in [-0.1, -0.05) is 35.9 Å². The molecule has 0 saturated carbocycles. The molecule has 1 aromatic heterocycles. The van der Waals surface area contributed by atoms with Gasteiger partial charge in [0, 0.05) is 25.0 Å². The zero-order valence-corrected chi connectivity index (χ0v) is 15.4. The van der Waals surface area contributed by atoms with Crippen LogP contribution in [0.3, 0.4) is 0 Å². The van der Waals surface area contributed by atoms with Gasteiger partial charge in [0.2, 0.25) is 0 Å². The van der Waals surface area contributed by atoms with Crippen LogP contribution in [0.15, 0.2) is 54.2 Å². The Morgan fingerprint density at radius 2 is 2.08 bits per heavy atom. The summed E-state index contributed by atoms with van der Waals surface area (Å²) < 4.78 is 0. The van der Waals surface area contributed by atoms with Crippen LogP contribution in [-0.4, -0.2) is 17.4 Å². The number of amides is 1. The summed E-state index contributed by atoms with van der Waals surface area (Å²) in [5, 5.41) is 6.36.